The third-order valence-electron chi connectivity index (χ3n) is 4.46. The topological polar surface area (TPSA) is 101 Å². The average molecular weight is 400 g/mol. The number of amides is 3. The molecule has 28 heavy (non-hydrogen) atoms. The second-order valence-electron chi connectivity index (χ2n) is 6.39. The number of nitrogens with one attached hydrogen (secondary N) is 1. The van der Waals surface area contributed by atoms with Crippen LogP contribution in [0.5, 0.6) is 0 Å². The molecule has 7 nitrogen and oxygen atoms in total. The molecule has 1 aliphatic heterocycles. The predicted molar refractivity (Wildman–Crippen MR) is 103 cm³/mol. The molecule has 0 radical (unpaired) electrons. The van der Waals surface area contributed by atoms with Crippen molar-refractivity contribution in [2.75, 3.05) is 18.8 Å². The number of nitrogens with zero attached hydrogens (tertiary/aromatic N) is 1. The number of fused-ring (bicyclic) bond motifs is 1. The van der Waals surface area contributed by atoms with Crippen molar-refractivity contribution in [2.45, 2.75) is 17.7 Å². The highest BCUT2D eigenvalue weighted by Crippen LogP contribution is 2.22. The van der Waals surface area contributed by atoms with Crippen LogP contribution in [0.3, 0.4) is 0 Å². The highest BCUT2D eigenvalue weighted by Gasteiger charge is 2.34. The molecule has 0 saturated carbocycles. The molecule has 0 unspecified atom stereocenters. The second kappa shape index (κ2) is 8.35. The van der Waals surface area contributed by atoms with Crippen LogP contribution in [-0.2, 0) is 14.6 Å². The summed E-state index contributed by atoms with van der Waals surface area (Å²) in [6, 6.07) is 14.7. The quantitative estimate of drug-likeness (QED) is 0.679. The van der Waals surface area contributed by atoms with Gasteiger partial charge in [-0.25, -0.2) is 8.42 Å². The SMILES string of the molecule is O=C(CCCN1C(=O)c2ccccc2C1=O)NCCS(=O)(=O)c1ccccc1. The van der Waals surface area contributed by atoms with Crippen molar-refractivity contribution in [1.82, 2.24) is 10.2 Å². The Morgan fingerprint density at radius 3 is 2.07 bits per heavy atom. The van der Waals surface area contributed by atoms with E-state index in [0.717, 1.165) is 4.90 Å². The Morgan fingerprint density at radius 1 is 0.893 bits per heavy atom. The predicted octanol–water partition coefficient (Wildman–Crippen LogP) is 1.65. The van der Waals surface area contributed by atoms with Crippen molar-refractivity contribution in [2.24, 2.45) is 0 Å². The monoisotopic (exact) mass is 400 g/mol. The van der Waals surface area contributed by atoms with Gasteiger partial charge in [0, 0.05) is 19.5 Å². The molecule has 0 fully saturated rings. The molecule has 0 aromatic heterocycles. The first-order valence-corrected chi connectivity index (χ1v) is 10.5. The van der Waals surface area contributed by atoms with Crippen molar-refractivity contribution in [3.8, 4) is 0 Å². The summed E-state index contributed by atoms with van der Waals surface area (Å²) < 4.78 is 24.3. The fraction of sp³-hybridized carbons (Fsp3) is 0.250. The van der Waals surface area contributed by atoms with Gasteiger partial charge in [0.1, 0.15) is 0 Å². The molecule has 0 aliphatic carbocycles. The second-order valence-corrected chi connectivity index (χ2v) is 8.50. The van der Waals surface area contributed by atoms with E-state index >= 15 is 0 Å². The standard InChI is InChI=1S/C20H20N2O5S/c23-18(21-12-14-28(26,27)15-7-2-1-3-8-15)11-6-13-22-19(24)16-9-4-5-10-17(16)20(22)25/h1-5,7-10H,6,11-14H2,(H,21,23). The summed E-state index contributed by atoms with van der Waals surface area (Å²) in [6.45, 7) is 0.144. The van der Waals surface area contributed by atoms with Crippen molar-refractivity contribution < 1.29 is 22.8 Å². The Kier molecular flexibility index (Phi) is 5.89. The third-order valence-corrected chi connectivity index (χ3v) is 6.19. The molecular formula is C20H20N2O5S. The van der Waals surface area contributed by atoms with E-state index in [0.29, 0.717) is 17.5 Å². The summed E-state index contributed by atoms with van der Waals surface area (Å²) in [5.74, 6) is -1.22. The van der Waals surface area contributed by atoms with Crippen LogP contribution in [0.1, 0.15) is 33.6 Å². The van der Waals surface area contributed by atoms with Gasteiger partial charge in [-0.1, -0.05) is 30.3 Å². The first kappa shape index (κ1) is 19.8. The van der Waals surface area contributed by atoms with Gasteiger partial charge in [0.2, 0.25) is 5.91 Å². The van der Waals surface area contributed by atoms with Crippen LogP contribution < -0.4 is 5.32 Å². The van der Waals surface area contributed by atoms with Gasteiger partial charge >= 0.3 is 0 Å². The lowest BCUT2D eigenvalue weighted by Crippen LogP contribution is -2.33. The maximum absolute atomic E-state index is 12.2. The Balaban J connectivity index is 1.42. The molecule has 0 bridgehead atoms. The zero-order chi connectivity index (χ0) is 20.1. The van der Waals surface area contributed by atoms with Crippen molar-refractivity contribution >= 4 is 27.6 Å². The minimum absolute atomic E-state index is 0.00305. The Hall–Kier alpha value is -3.00. The van der Waals surface area contributed by atoms with Gasteiger partial charge in [-0.3, -0.25) is 19.3 Å². The molecule has 2 aromatic rings. The van der Waals surface area contributed by atoms with Gasteiger partial charge in [0.15, 0.2) is 9.84 Å². The number of rotatable bonds is 8. The third kappa shape index (κ3) is 4.28. The highest BCUT2D eigenvalue weighted by atomic mass is 32.2. The molecule has 8 heteroatoms. The lowest BCUT2D eigenvalue weighted by molar-refractivity contribution is -0.121. The summed E-state index contributed by atoms with van der Waals surface area (Å²) in [6.07, 6.45) is 0.404. The molecule has 1 aliphatic rings. The fourth-order valence-corrected chi connectivity index (χ4v) is 4.18. The minimum atomic E-state index is -3.45. The van der Waals surface area contributed by atoms with E-state index in [-0.39, 0.29) is 47.9 Å². The summed E-state index contributed by atoms with van der Waals surface area (Å²) >= 11 is 0. The van der Waals surface area contributed by atoms with Gasteiger partial charge in [0.25, 0.3) is 11.8 Å². The zero-order valence-electron chi connectivity index (χ0n) is 15.1. The number of hydrogen-bond acceptors (Lipinski definition) is 5. The van der Waals surface area contributed by atoms with Crippen LogP contribution >= 0.6 is 0 Å². The maximum atomic E-state index is 12.2. The average Bonchev–Trinajstić information content (AvgIpc) is 2.94. The lowest BCUT2D eigenvalue weighted by atomic mass is 10.1. The number of sulfone groups is 1. The van der Waals surface area contributed by atoms with Crippen LogP contribution in [0.25, 0.3) is 0 Å². The van der Waals surface area contributed by atoms with Gasteiger partial charge in [-0.15, -0.1) is 0 Å². The molecule has 3 amide bonds. The fourth-order valence-electron chi connectivity index (χ4n) is 3.00. The molecule has 146 valence electrons. The van der Waals surface area contributed by atoms with E-state index < -0.39 is 9.84 Å². The Bertz CT molecular complexity index is 967. The zero-order valence-corrected chi connectivity index (χ0v) is 15.9. The number of benzene rings is 2. The van der Waals surface area contributed by atoms with E-state index in [1.165, 1.54) is 12.1 Å². The normalized spacial score (nSPS) is 13.5. The number of carbonyl (C=O) groups is 3. The maximum Gasteiger partial charge on any atom is 0.261 e. The first-order chi connectivity index (χ1) is 13.4. The van der Waals surface area contributed by atoms with Crippen LogP contribution in [-0.4, -0.2) is 49.9 Å². The molecule has 0 atom stereocenters. The molecule has 0 spiro atoms. The van der Waals surface area contributed by atoms with Gasteiger partial charge in [-0.2, -0.15) is 0 Å². The van der Waals surface area contributed by atoms with Crippen molar-refractivity contribution in [3.05, 3.63) is 65.7 Å². The minimum Gasteiger partial charge on any atom is -0.355 e. The molecule has 1 N–H and O–H groups in total. The molecule has 0 saturated heterocycles. The van der Waals surface area contributed by atoms with Crippen LogP contribution in [0.15, 0.2) is 59.5 Å². The molecular weight excluding hydrogens is 380 g/mol. The molecule has 3 rings (SSSR count). The van der Waals surface area contributed by atoms with Crippen LogP contribution in [0.4, 0.5) is 0 Å². The van der Waals surface area contributed by atoms with Crippen LogP contribution in [0, 0.1) is 0 Å². The highest BCUT2D eigenvalue weighted by molar-refractivity contribution is 7.91. The van der Waals surface area contributed by atoms with E-state index in [4.69, 9.17) is 0 Å². The Morgan fingerprint density at radius 2 is 1.46 bits per heavy atom. The van der Waals surface area contributed by atoms with Crippen molar-refractivity contribution in [1.29, 1.82) is 0 Å². The van der Waals surface area contributed by atoms with Gasteiger partial charge < -0.3 is 5.32 Å². The number of imide groups is 1. The van der Waals surface area contributed by atoms with E-state index in [1.54, 1.807) is 42.5 Å². The van der Waals surface area contributed by atoms with Gasteiger partial charge in [0.05, 0.1) is 21.8 Å². The van der Waals surface area contributed by atoms with E-state index in [1.807, 2.05) is 0 Å². The summed E-state index contributed by atoms with van der Waals surface area (Å²) in [5.41, 5.74) is 0.756. The smallest absolute Gasteiger partial charge is 0.261 e. The summed E-state index contributed by atoms with van der Waals surface area (Å²) in [7, 11) is -3.45. The van der Waals surface area contributed by atoms with Crippen molar-refractivity contribution in [3.63, 3.8) is 0 Å². The Labute approximate surface area is 163 Å². The summed E-state index contributed by atoms with van der Waals surface area (Å²) in [5, 5.41) is 2.57. The first-order valence-electron chi connectivity index (χ1n) is 8.90. The number of carbonyl (C=O) groups excluding carboxylic acids is 3. The largest absolute Gasteiger partial charge is 0.355 e. The number of hydrogen-bond donors (Lipinski definition) is 1. The lowest BCUT2D eigenvalue weighted by Gasteiger charge is -2.13. The summed E-state index contributed by atoms with van der Waals surface area (Å²) in [4.78, 5) is 37.8. The van der Waals surface area contributed by atoms with Gasteiger partial charge in [-0.05, 0) is 30.7 Å². The molecule has 1 heterocycles. The molecule has 2 aromatic carbocycles. The van der Waals surface area contributed by atoms with Crippen LogP contribution in [0.2, 0.25) is 0 Å². The van der Waals surface area contributed by atoms with E-state index in [9.17, 15) is 22.8 Å². The van der Waals surface area contributed by atoms with E-state index in [2.05, 4.69) is 5.32 Å².